The molecule has 0 atom stereocenters. The topological polar surface area (TPSA) is 39.2 Å². The molecular formula is C10H7ClF5NO2. The second-order valence-corrected chi connectivity index (χ2v) is 3.82. The van der Waals surface area contributed by atoms with E-state index in [-0.39, 0.29) is 0 Å². The van der Waals surface area contributed by atoms with Crippen molar-refractivity contribution in [3.63, 3.8) is 0 Å². The zero-order valence-corrected chi connectivity index (χ0v) is 10.1. The molecule has 0 aliphatic rings. The van der Waals surface area contributed by atoms with Crippen LogP contribution in [0.25, 0.3) is 0 Å². The van der Waals surface area contributed by atoms with Crippen molar-refractivity contribution in [1.29, 1.82) is 0 Å². The third-order valence-electron chi connectivity index (χ3n) is 2.12. The fourth-order valence-electron chi connectivity index (χ4n) is 1.30. The first-order valence-corrected chi connectivity index (χ1v) is 5.16. The van der Waals surface area contributed by atoms with Crippen molar-refractivity contribution in [1.82, 2.24) is 4.98 Å². The third-order valence-corrected chi connectivity index (χ3v) is 2.42. The van der Waals surface area contributed by atoms with E-state index in [1.807, 2.05) is 0 Å². The van der Waals surface area contributed by atoms with Crippen molar-refractivity contribution >= 4 is 17.6 Å². The number of ether oxygens (including phenoxy) is 1. The summed E-state index contributed by atoms with van der Waals surface area (Å²) in [6, 6.07) is 0.649. The number of carbonyl (C=O) groups excluding carboxylic acids is 1. The molecule has 0 aliphatic heterocycles. The summed E-state index contributed by atoms with van der Waals surface area (Å²) in [5, 5.41) is -0.637. The van der Waals surface area contributed by atoms with Gasteiger partial charge in [0.2, 0.25) is 0 Å². The predicted molar refractivity (Wildman–Crippen MR) is 54.9 cm³/mol. The Balaban J connectivity index is 3.37. The first-order chi connectivity index (χ1) is 8.66. The molecule has 0 unspecified atom stereocenters. The van der Waals surface area contributed by atoms with Gasteiger partial charge in [-0.05, 0) is 11.6 Å². The van der Waals surface area contributed by atoms with Gasteiger partial charge >= 0.3 is 12.1 Å². The summed E-state index contributed by atoms with van der Waals surface area (Å²) in [5.74, 6) is -0.965. The highest BCUT2D eigenvalue weighted by Gasteiger charge is 2.37. The fourth-order valence-corrected chi connectivity index (χ4v) is 1.56. The van der Waals surface area contributed by atoms with Crippen LogP contribution in [0.5, 0.6) is 0 Å². The average Bonchev–Trinajstić information content (AvgIpc) is 2.26. The van der Waals surface area contributed by atoms with Gasteiger partial charge in [0, 0.05) is 0 Å². The number of pyridine rings is 1. The molecule has 1 aromatic rings. The summed E-state index contributed by atoms with van der Waals surface area (Å²) in [5.41, 5.74) is -3.37. The van der Waals surface area contributed by atoms with E-state index in [4.69, 9.17) is 11.6 Å². The van der Waals surface area contributed by atoms with Crippen molar-refractivity contribution in [2.24, 2.45) is 0 Å². The highest BCUT2D eigenvalue weighted by atomic mass is 35.5. The van der Waals surface area contributed by atoms with E-state index in [1.165, 1.54) is 0 Å². The van der Waals surface area contributed by atoms with Crippen molar-refractivity contribution in [2.45, 2.75) is 19.0 Å². The number of esters is 1. The molecule has 0 spiro atoms. The number of hydrogen-bond acceptors (Lipinski definition) is 3. The van der Waals surface area contributed by atoms with E-state index >= 15 is 0 Å². The Morgan fingerprint density at radius 3 is 2.47 bits per heavy atom. The first-order valence-electron chi connectivity index (χ1n) is 4.78. The number of methoxy groups -OCH3 is 1. The summed E-state index contributed by atoms with van der Waals surface area (Å²) in [7, 11) is 0.984. The van der Waals surface area contributed by atoms with Crippen molar-refractivity contribution in [2.75, 3.05) is 7.11 Å². The number of hydrogen-bond donors (Lipinski definition) is 0. The number of nitrogens with zero attached hydrogens (tertiary/aromatic N) is 1. The molecule has 1 heterocycles. The highest BCUT2D eigenvalue weighted by molar-refractivity contribution is 6.31. The highest BCUT2D eigenvalue weighted by Crippen LogP contribution is 2.35. The van der Waals surface area contributed by atoms with Gasteiger partial charge in [-0.1, -0.05) is 11.6 Å². The first kappa shape index (κ1) is 15.6. The van der Waals surface area contributed by atoms with E-state index in [1.54, 1.807) is 0 Å². The molecule has 0 aliphatic carbocycles. The van der Waals surface area contributed by atoms with E-state index in [0.717, 1.165) is 7.11 Å². The largest absolute Gasteiger partial charge is 0.469 e. The molecule has 0 bridgehead atoms. The van der Waals surface area contributed by atoms with Crippen LogP contribution in [0.15, 0.2) is 6.07 Å². The van der Waals surface area contributed by atoms with Gasteiger partial charge in [-0.25, -0.2) is 13.8 Å². The second kappa shape index (κ2) is 5.68. The lowest BCUT2D eigenvalue weighted by Gasteiger charge is -2.14. The van der Waals surface area contributed by atoms with E-state index in [2.05, 4.69) is 9.72 Å². The summed E-state index contributed by atoms with van der Waals surface area (Å²) in [6.45, 7) is 0. The molecule has 106 valence electrons. The Labute approximate surface area is 109 Å². The van der Waals surface area contributed by atoms with Gasteiger partial charge in [-0.2, -0.15) is 13.2 Å². The maximum Gasteiger partial charge on any atom is 0.433 e. The molecule has 9 heteroatoms. The van der Waals surface area contributed by atoms with Gasteiger partial charge in [0.1, 0.15) is 11.4 Å². The maximum atomic E-state index is 12.7. The van der Waals surface area contributed by atoms with Crippen molar-refractivity contribution < 1.29 is 31.5 Å². The average molecular weight is 304 g/mol. The Morgan fingerprint density at radius 1 is 1.47 bits per heavy atom. The van der Waals surface area contributed by atoms with Gasteiger partial charge in [0.05, 0.1) is 18.6 Å². The molecular weight excluding hydrogens is 297 g/mol. The van der Waals surface area contributed by atoms with E-state index in [0.29, 0.717) is 6.07 Å². The van der Waals surface area contributed by atoms with Gasteiger partial charge in [0.25, 0.3) is 6.43 Å². The van der Waals surface area contributed by atoms with Gasteiger partial charge in [0.15, 0.2) is 0 Å². The minimum atomic E-state index is -4.97. The van der Waals surface area contributed by atoms with Crippen LogP contribution in [-0.2, 0) is 22.1 Å². The molecule has 0 amide bonds. The second-order valence-electron chi connectivity index (χ2n) is 3.41. The van der Waals surface area contributed by atoms with Crippen LogP contribution < -0.4 is 0 Å². The van der Waals surface area contributed by atoms with Crippen LogP contribution in [0.2, 0.25) is 5.02 Å². The fraction of sp³-hybridized carbons (Fsp3) is 0.400. The molecule has 1 rings (SSSR count). The molecule has 0 saturated heterocycles. The summed E-state index contributed by atoms with van der Waals surface area (Å²) < 4.78 is 67.1. The van der Waals surface area contributed by atoms with Crippen molar-refractivity contribution in [3.8, 4) is 0 Å². The molecule has 19 heavy (non-hydrogen) atoms. The SMILES string of the molecule is COC(=O)Cc1cc(Cl)c(C(F)F)nc1C(F)(F)F. The van der Waals surface area contributed by atoms with Crippen LogP contribution in [0.4, 0.5) is 22.0 Å². The molecule has 0 N–H and O–H groups in total. The van der Waals surface area contributed by atoms with Crippen LogP contribution in [0, 0.1) is 0 Å². The number of rotatable bonds is 3. The van der Waals surface area contributed by atoms with Crippen LogP contribution in [0.1, 0.15) is 23.4 Å². The Kier molecular flexibility index (Phi) is 4.67. The van der Waals surface area contributed by atoms with Gasteiger partial charge < -0.3 is 4.74 Å². The van der Waals surface area contributed by atoms with E-state index < -0.39 is 47.0 Å². The minimum Gasteiger partial charge on any atom is -0.469 e. The molecule has 0 radical (unpaired) electrons. The summed E-state index contributed by atoms with van der Waals surface area (Å²) in [4.78, 5) is 13.8. The van der Waals surface area contributed by atoms with Crippen LogP contribution in [0.3, 0.4) is 0 Å². The number of aromatic nitrogens is 1. The quantitative estimate of drug-likeness (QED) is 0.634. The predicted octanol–water partition coefficient (Wildman–Crippen LogP) is 3.41. The summed E-state index contributed by atoms with van der Waals surface area (Å²) in [6.07, 6.45) is -8.99. The number of carbonyl (C=O) groups is 1. The third kappa shape index (κ3) is 3.76. The zero-order chi connectivity index (χ0) is 14.8. The maximum absolute atomic E-state index is 12.7. The molecule has 1 aromatic heterocycles. The number of halogens is 6. The molecule has 0 saturated carbocycles. The molecule has 0 fully saturated rings. The van der Waals surface area contributed by atoms with Crippen molar-refractivity contribution in [3.05, 3.63) is 28.0 Å². The lowest BCUT2D eigenvalue weighted by molar-refractivity contribution is -0.143. The lowest BCUT2D eigenvalue weighted by Crippen LogP contribution is -2.17. The van der Waals surface area contributed by atoms with Crippen LogP contribution in [-0.4, -0.2) is 18.1 Å². The number of alkyl halides is 5. The summed E-state index contributed by atoms with van der Waals surface area (Å²) >= 11 is 5.41. The van der Waals surface area contributed by atoms with Crippen LogP contribution >= 0.6 is 11.6 Å². The van der Waals surface area contributed by atoms with Gasteiger partial charge in [-0.3, -0.25) is 4.79 Å². The standard InChI is InChI=1S/C10H7ClF5NO2/c1-19-6(18)3-4-2-5(11)7(9(12)13)17-8(4)10(14,15)16/h2,9H,3H2,1H3. The Morgan fingerprint density at radius 2 is 2.05 bits per heavy atom. The minimum absolute atomic E-state index is 0.617. The zero-order valence-electron chi connectivity index (χ0n) is 9.39. The smallest absolute Gasteiger partial charge is 0.433 e. The lowest BCUT2D eigenvalue weighted by atomic mass is 10.1. The Bertz CT molecular complexity index is 490. The molecule has 3 nitrogen and oxygen atoms in total. The molecule has 0 aromatic carbocycles. The van der Waals surface area contributed by atoms with Gasteiger partial charge in [-0.15, -0.1) is 0 Å². The Hall–Kier alpha value is -1.44. The normalized spacial score (nSPS) is 11.8. The monoisotopic (exact) mass is 303 g/mol. The van der Waals surface area contributed by atoms with E-state index in [9.17, 15) is 26.7 Å².